The molecule has 0 aliphatic heterocycles. The lowest BCUT2D eigenvalue weighted by Crippen LogP contribution is -2.27. The lowest BCUT2D eigenvalue weighted by Gasteiger charge is -2.05. The molecule has 0 radical (unpaired) electrons. The molecule has 4 nitrogen and oxygen atoms in total. The Morgan fingerprint density at radius 2 is 1.27 bits per heavy atom. The summed E-state index contributed by atoms with van der Waals surface area (Å²) in [4.78, 5) is 33.5. The van der Waals surface area contributed by atoms with Crippen LogP contribution in [0.3, 0.4) is 0 Å². The number of unbranched alkanes of at least 4 members (excludes halogenated alkanes) is 7. The van der Waals surface area contributed by atoms with Crippen LogP contribution in [0.25, 0.3) is 0 Å². The monoisotopic (exact) mass is 313 g/mol. The highest BCUT2D eigenvalue weighted by atomic mass is 16.2. The maximum absolute atomic E-state index is 11.4. The summed E-state index contributed by atoms with van der Waals surface area (Å²) in [6, 6.07) is 0. The number of Topliss-reactive ketones (excluding diaryl/α,β-unsaturated/α-hetero) is 2. The molecular weight excluding hydrogens is 278 g/mol. The number of hydrogen-bond donors (Lipinski definition) is 1. The van der Waals surface area contributed by atoms with Crippen LogP contribution in [0.5, 0.6) is 0 Å². The van der Waals surface area contributed by atoms with Crippen molar-refractivity contribution in [1.29, 1.82) is 0 Å². The first-order valence-electron chi connectivity index (χ1n) is 8.72. The van der Waals surface area contributed by atoms with Crippen LogP contribution in [0, 0.1) is 5.92 Å². The Labute approximate surface area is 136 Å². The Kier molecular flexibility index (Phi) is 12.7. The third kappa shape index (κ3) is 13.8. The van der Waals surface area contributed by atoms with E-state index >= 15 is 0 Å². The van der Waals surface area contributed by atoms with E-state index in [1.807, 2.05) is 13.8 Å². The largest absolute Gasteiger partial charge is 0.349 e. The molecule has 1 N–H and O–H groups in total. The molecule has 0 aromatic carbocycles. The average Bonchev–Trinajstić information content (AvgIpc) is 2.46. The van der Waals surface area contributed by atoms with E-state index in [9.17, 15) is 14.4 Å². The van der Waals surface area contributed by atoms with Gasteiger partial charge in [0.05, 0.1) is 6.54 Å². The van der Waals surface area contributed by atoms with E-state index in [2.05, 4.69) is 5.32 Å². The molecule has 0 rings (SSSR count). The molecule has 0 saturated carbocycles. The summed E-state index contributed by atoms with van der Waals surface area (Å²) in [6.45, 7) is 5.54. The third-order valence-corrected chi connectivity index (χ3v) is 3.76. The number of amides is 1. The van der Waals surface area contributed by atoms with Crippen molar-refractivity contribution < 1.29 is 15.8 Å². The molecule has 0 aromatic rings. The molecular formula is C18H35NO3. The molecule has 4 heteroatoms. The molecule has 0 heterocycles. The van der Waals surface area contributed by atoms with Crippen molar-refractivity contribution in [3.05, 3.63) is 0 Å². The van der Waals surface area contributed by atoms with Crippen LogP contribution in [0.15, 0.2) is 0 Å². The fourth-order valence-corrected chi connectivity index (χ4v) is 2.25. The van der Waals surface area contributed by atoms with Gasteiger partial charge in [0, 0.05) is 20.2 Å². The lowest BCUT2D eigenvalue weighted by atomic mass is 10.0. The number of ketones is 2. The van der Waals surface area contributed by atoms with Crippen LogP contribution >= 0.6 is 0 Å². The van der Waals surface area contributed by atoms with Gasteiger partial charge in [0.2, 0.25) is 5.91 Å². The molecule has 130 valence electrons. The van der Waals surface area contributed by atoms with Gasteiger partial charge >= 0.3 is 0 Å². The Hall–Kier alpha value is -1.19. The first-order valence-corrected chi connectivity index (χ1v) is 8.72. The van der Waals surface area contributed by atoms with Gasteiger partial charge in [-0.25, -0.2) is 0 Å². The van der Waals surface area contributed by atoms with Gasteiger partial charge in [0.25, 0.3) is 0 Å². The summed E-state index contributed by atoms with van der Waals surface area (Å²) < 4.78 is 0. The van der Waals surface area contributed by atoms with E-state index in [4.69, 9.17) is 0 Å². The van der Waals surface area contributed by atoms with Gasteiger partial charge in [-0.15, -0.1) is 0 Å². The normalized spacial score (nSPS) is 10.7. The Morgan fingerprint density at radius 3 is 1.73 bits per heavy atom. The van der Waals surface area contributed by atoms with Gasteiger partial charge in [0.15, 0.2) is 0 Å². The van der Waals surface area contributed by atoms with E-state index in [0.717, 1.165) is 38.5 Å². The van der Waals surface area contributed by atoms with Gasteiger partial charge in [-0.05, 0) is 19.8 Å². The van der Waals surface area contributed by atoms with Crippen molar-refractivity contribution in [3.63, 3.8) is 0 Å². The van der Waals surface area contributed by atoms with Crippen molar-refractivity contribution in [2.45, 2.75) is 85.0 Å². The van der Waals surface area contributed by atoms with Crippen LogP contribution in [-0.4, -0.2) is 24.0 Å². The maximum Gasteiger partial charge on any atom is 0.220 e. The predicted octanol–water partition coefficient (Wildman–Crippen LogP) is 4.06. The summed E-state index contributed by atoms with van der Waals surface area (Å²) in [6.07, 6.45) is 10.2. The summed E-state index contributed by atoms with van der Waals surface area (Å²) in [5, 5.41) is 2.61. The number of nitrogens with one attached hydrogen (secondary N) is 1. The summed E-state index contributed by atoms with van der Waals surface area (Å²) in [5.74, 6) is 0.518. The number of rotatable bonds is 14. The highest BCUT2D eigenvalue weighted by molar-refractivity contribution is 5.84. The molecule has 0 aliphatic rings. The smallest absolute Gasteiger partial charge is 0.220 e. The number of carbonyl (C=O) groups is 3. The molecule has 0 fully saturated rings. The predicted molar refractivity (Wildman–Crippen MR) is 91.8 cm³/mol. The molecule has 0 atom stereocenters. The topological polar surface area (TPSA) is 63.2 Å². The van der Waals surface area contributed by atoms with E-state index < -0.39 is 0 Å². The second-order valence-electron chi connectivity index (χ2n) is 6.43. The second kappa shape index (κ2) is 13.5. The Bertz CT molecular complexity index is 343. The van der Waals surface area contributed by atoms with Gasteiger partial charge in [-0.3, -0.25) is 14.4 Å². The van der Waals surface area contributed by atoms with Crippen LogP contribution < -0.4 is 5.32 Å². The minimum atomic E-state index is -0.0231. The quantitative estimate of drug-likeness (QED) is 0.492. The fraction of sp³-hybridized carbons (Fsp3) is 0.833. The SMILES string of the molecule is CC(=O)CNC(=O)CCCCCCCCCCC(=O)C(C)C.[HH]. The van der Waals surface area contributed by atoms with Crippen LogP contribution in [0.4, 0.5) is 0 Å². The molecule has 0 aromatic heterocycles. The van der Waals surface area contributed by atoms with E-state index in [0.29, 0.717) is 12.2 Å². The highest BCUT2D eigenvalue weighted by Gasteiger charge is 2.05. The molecule has 0 bridgehead atoms. The van der Waals surface area contributed by atoms with Crippen LogP contribution in [0.2, 0.25) is 0 Å². The first-order chi connectivity index (χ1) is 10.4. The zero-order chi connectivity index (χ0) is 16.8. The number of hydrogen-bond acceptors (Lipinski definition) is 3. The van der Waals surface area contributed by atoms with Crippen LogP contribution in [0.1, 0.15) is 86.4 Å². The molecule has 0 spiro atoms. The molecule has 0 saturated heterocycles. The molecule has 1 amide bonds. The van der Waals surface area contributed by atoms with Crippen LogP contribution in [-0.2, 0) is 14.4 Å². The van der Waals surface area contributed by atoms with Crippen molar-refractivity contribution in [1.82, 2.24) is 5.32 Å². The first kappa shape index (κ1) is 20.8. The Morgan fingerprint density at radius 1 is 0.818 bits per heavy atom. The van der Waals surface area contributed by atoms with Gasteiger partial charge in [0.1, 0.15) is 11.6 Å². The minimum absolute atomic E-state index is 0. The van der Waals surface area contributed by atoms with E-state index in [-0.39, 0.29) is 25.6 Å². The fourth-order valence-electron chi connectivity index (χ4n) is 2.25. The standard InChI is InChI=1S/C18H33NO3.H2/c1-15(2)17(21)12-10-8-6-4-5-7-9-11-13-18(22)19-14-16(3)20;/h15H,4-14H2,1-3H3,(H,19,22);1H. The van der Waals surface area contributed by atoms with Crippen molar-refractivity contribution in [2.75, 3.05) is 6.54 Å². The van der Waals surface area contributed by atoms with Crippen molar-refractivity contribution >= 4 is 17.5 Å². The van der Waals surface area contributed by atoms with Gasteiger partial charge in [-0.2, -0.15) is 0 Å². The Balaban J connectivity index is 0. The summed E-state index contributed by atoms with van der Waals surface area (Å²) in [7, 11) is 0. The third-order valence-electron chi connectivity index (χ3n) is 3.76. The molecule has 0 aliphatic carbocycles. The van der Waals surface area contributed by atoms with E-state index in [1.165, 1.54) is 26.2 Å². The maximum atomic E-state index is 11.4. The van der Waals surface area contributed by atoms with Gasteiger partial charge < -0.3 is 5.32 Å². The average molecular weight is 313 g/mol. The van der Waals surface area contributed by atoms with Crippen molar-refractivity contribution in [3.8, 4) is 0 Å². The number of carbonyl (C=O) groups excluding carboxylic acids is 3. The second-order valence-corrected chi connectivity index (χ2v) is 6.43. The molecule has 22 heavy (non-hydrogen) atoms. The zero-order valence-corrected chi connectivity index (χ0v) is 14.6. The highest BCUT2D eigenvalue weighted by Crippen LogP contribution is 2.12. The van der Waals surface area contributed by atoms with Gasteiger partial charge in [-0.1, -0.05) is 52.4 Å². The van der Waals surface area contributed by atoms with Crippen molar-refractivity contribution in [2.24, 2.45) is 5.92 Å². The lowest BCUT2D eigenvalue weighted by molar-refractivity contribution is -0.124. The minimum Gasteiger partial charge on any atom is -0.349 e. The summed E-state index contributed by atoms with van der Waals surface area (Å²) >= 11 is 0. The zero-order valence-electron chi connectivity index (χ0n) is 14.6. The van der Waals surface area contributed by atoms with E-state index in [1.54, 1.807) is 0 Å². The molecule has 0 unspecified atom stereocenters. The summed E-state index contributed by atoms with van der Waals surface area (Å²) in [5.41, 5.74) is 0.